The number of carbonyl (C=O) groups is 1. The predicted octanol–water partition coefficient (Wildman–Crippen LogP) is 2.25. The van der Waals surface area contributed by atoms with Crippen LogP contribution in [0.2, 0.25) is 0 Å². The fourth-order valence-electron chi connectivity index (χ4n) is 3.76. The standard InChI is InChI=1S/C20H22N8O/c29-19(17-12-23-27-26-17)28-9-5-14(6-10-28)18-16(13-3-7-21-8-4-13)11-22-20(25-18)24-15-1-2-15/h3-4,7-8,11-12,14-15H,1-2,5-6,9-10H2,(H,22,24,25)(H,23,26,27). The molecule has 29 heavy (non-hydrogen) atoms. The minimum absolute atomic E-state index is 0.0784. The van der Waals surface area contributed by atoms with Gasteiger partial charge in [0.2, 0.25) is 5.95 Å². The molecule has 9 nitrogen and oxygen atoms in total. The van der Waals surface area contributed by atoms with Crippen LogP contribution in [0, 0.1) is 0 Å². The molecule has 2 N–H and O–H groups in total. The highest BCUT2D eigenvalue weighted by atomic mass is 16.2. The molecule has 0 unspecified atom stereocenters. The number of hydrogen-bond acceptors (Lipinski definition) is 7. The third-order valence-corrected chi connectivity index (χ3v) is 5.52. The number of carbonyl (C=O) groups excluding carboxylic acids is 1. The lowest BCUT2D eigenvalue weighted by Crippen LogP contribution is -2.38. The van der Waals surface area contributed by atoms with Gasteiger partial charge in [0.1, 0.15) is 0 Å². The van der Waals surface area contributed by atoms with Crippen molar-refractivity contribution in [2.75, 3.05) is 18.4 Å². The van der Waals surface area contributed by atoms with Crippen molar-refractivity contribution in [3.05, 3.63) is 48.3 Å². The van der Waals surface area contributed by atoms with Gasteiger partial charge in [0.05, 0.1) is 11.9 Å². The van der Waals surface area contributed by atoms with Crippen LogP contribution in [0.15, 0.2) is 36.9 Å². The molecule has 0 radical (unpaired) electrons. The number of nitrogens with zero attached hydrogens (tertiary/aromatic N) is 6. The number of amides is 1. The van der Waals surface area contributed by atoms with Gasteiger partial charge in [0.25, 0.3) is 5.91 Å². The van der Waals surface area contributed by atoms with Gasteiger partial charge < -0.3 is 10.2 Å². The van der Waals surface area contributed by atoms with Crippen molar-refractivity contribution < 1.29 is 4.79 Å². The molecule has 3 aromatic rings. The summed E-state index contributed by atoms with van der Waals surface area (Å²) in [5.74, 6) is 0.883. The van der Waals surface area contributed by atoms with E-state index in [1.807, 2.05) is 23.2 Å². The maximum Gasteiger partial charge on any atom is 0.276 e. The Labute approximate surface area is 168 Å². The highest BCUT2D eigenvalue weighted by molar-refractivity contribution is 5.91. The first-order valence-corrected chi connectivity index (χ1v) is 9.97. The zero-order valence-corrected chi connectivity index (χ0v) is 16.0. The summed E-state index contributed by atoms with van der Waals surface area (Å²) < 4.78 is 0. The third-order valence-electron chi connectivity index (χ3n) is 5.52. The first kappa shape index (κ1) is 17.7. The van der Waals surface area contributed by atoms with Crippen molar-refractivity contribution in [3.63, 3.8) is 0 Å². The topological polar surface area (TPSA) is 113 Å². The average Bonchev–Trinajstić information content (AvgIpc) is 3.42. The SMILES string of the molecule is O=C(c1cn[nH]n1)N1CCC(c2nc(NC3CC3)ncc2-c2ccncc2)CC1. The minimum Gasteiger partial charge on any atom is -0.351 e. The van der Waals surface area contributed by atoms with E-state index in [9.17, 15) is 4.79 Å². The Kier molecular flexibility index (Phi) is 4.63. The molecule has 0 aromatic carbocycles. The summed E-state index contributed by atoms with van der Waals surface area (Å²) in [5, 5.41) is 13.5. The number of aromatic amines is 1. The molecule has 148 valence electrons. The number of rotatable bonds is 5. The second kappa shape index (κ2) is 7.57. The van der Waals surface area contributed by atoms with Crippen molar-refractivity contribution in [2.24, 2.45) is 0 Å². The first-order valence-electron chi connectivity index (χ1n) is 9.97. The van der Waals surface area contributed by atoms with Gasteiger partial charge in [-0.05, 0) is 43.4 Å². The fourth-order valence-corrected chi connectivity index (χ4v) is 3.76. The largest absolute Gasteiger partial charge is 0.351 e. The molecule has 0 bridgehead atoms. The second-order valence-electron chi connectivity index (χ2n) is 7.57. The summed E-state index contributed by atoms with van der Waals surface area (Å²) >= 11 is 0. The Bertz CT molecular complexity index is 979. The zero-order chi connectivity index (χ0) is 19.6. The second-order valence-corrected chi connectivity index (χ2v) is 7.57. The molecule has 1 saturated carbocycles. The monoisotopic (exact) mass is 390 g/mol. The molecule has 0 spiro atoms. The van der Waals surface area contributed by atoms with Gasteiger partial charge >= 0.3 is 0 Å². The van der Waals surface area contributed by atoms with Crippen LogP contribution in [-0.2, 0) is 0 Å². The number of hydrogen-bond donors (Lipinski definition) is 2. The Hall–Kier alpha value is -3.36. The van der Waals surface area contributed by atoms with Crippen LogP contribution in [0.4, 0.5) is 5.95 Å². The zero-order valence-electron chi connectivity index (χ0n) is 16.0. The average molecular weight is 390 g/mol. The summed E-state index contributed by atoms with van der Waals surface area (Å²) in [6.07, 6.45) is 11.0. The summed E-state index contributed by atoms with van der Waals surface area (Å²) in [6.45, 7) is 1.34. The van der Waals surface area contributed by atoms with E-state index in [0.717, 1.165) is 29.7 Å². The van der Waals surface area contributed by atoms with E-state index in [-0.39, 0.29) is 11.8 Å². The van der Waals surface area contributed by atoms with Gasteiger partial charge in [-0.1, -0.05) is 0 Å². The van der Waals surface area contributed by atoms with Crippen LogP contribution in [0.5, 0.6) is 0 Å². The molecule has 3 aromatic heterocycles. The van der Waals surface area contributed by atoms with Crippen LogP contribution >= 0.6 is 0 Å². The Morgan fingerprint density at radius 3 is 2.59 bits per heavy atom. The maximum atomic E-state index is 12.5. The number of nitrogens with one attached hydrogen (secondary N) is 2. The Balaban J connectivity index is 1.38. The van der Waals surface area contributed by atoms with E-state index < -0.39 is 0 Å². The summed E-state index contributed by atoms with van der Waals surface area (Å²) in [6, 6.07) is 4.47. The smallest absolute Gasteiger partial charge is 0.276 e. The van der Waals surface area contributed by atoms with Crippen LogP contribution < -0.4 is 5.32 Å². The van der Waals surface area contributed by atoms with Crippen LogP contribution in [0.1, 0.15) is 47.8 Å². The van der Waals surface area contributed by atoms with Crippen molar-refractivity contribution in [2.45, 2.75) is 37.6 Å². The molecular weight excluding hydrogens is 368 g/mol. The molecule has 1 aliphatic carbocycles. The predicted molar refractivity (Wildman–Crippen MR) is 106 cm³/mol. The molecule has 2 aliphatic rings. The Morgan fingerprint density at radius 1 is 1.10 bits per heavy atom. The van der Waals surface area contributed by atoms with E-state index in [0.29, 0.717) is 30.8 Å². The quantitative estimate of drug-likeness (QED) is 0.687. The van der Waals surface area contributed by atoms with Crippen molar-refractivity contribution in [3.8, 4) is 11.1 Å². The Morgan fingerprint density at radius 2 is 1.90 bits per heavy atom. The van der Waals surface area contributed by atoms with E-state index in [1.54, 1.807) is 12.4 Å². The lowest BCUT2D eigenvalue weighted by molar-refractivity contribution is 0.0706. The molecule has 1 saturated heterocycles. The van der Waals surface area contributed by atoms with Gasteiger partial charge in [-0.2, -0.15) is 15.4 Å². The fraction of sp³-hybridized carbons (Fsp3) is 0.400. The van der Waals surface area contributed by atoms with Crippen LogP contribution in [0.3, 0.4) is 0 Å². The number of piperidine rings is 1. The minimum atomic E-state index is -0.0784. The molecular formula is C20H22N8O. The molecule has 9 heteroatoms. The molecule has 4 heterocycles. The van der Waals surface area contributed by atoms with E-state index in [4.69, 9.17) is 4.98 Å². The molecule has 0 atom stereocenters. The van der Waals surface area contributed by atoms with Gasteiger partial charge in [-0.3, -0.25) is 9.78 Å². The van der Waals surface area contributed by atoms with Crippen LogP contribution in [0.25, 0.3) is 11.1 Å². The number of pyridine rings is 1. The summed E-state index contributed by atoms with van der Waals surface area (Å²) in [5.41, 5.74) is 3.51. The number of H-pyrrole nitrogens is 1. The van der Waals surface area contributed by atoms with Gasteiger partial charge in [0.15, 0.2) is 5.69 Å². The van der Waals surface area contributed by atoms with E-state index >= 15 is 0 Å². The van der Waals surface area contributed by atoms with Crippen LogP contribution in [-0.4, -0.2) is 60.3 Å². The highest BCUT2D eigenvalue weighted by Gasteiger charge is 2.29. The van der Waals surface area contributed by atoms with Gasteiger partial charge in [-0.25, -0.2) is 9.97 Å². The number of anilines is 1. The maximum absolute atomic E-state index is 12.5. The molecule has 5 rings (SSSR count). The lowest BCUT2D eigenvalue weighted by atomic mass is 9.89. The van der Waals surface area contributed by atoms with Gasteiger partial charge in [-0.15, -0.1) is 0 Å². The van der Waals surface area contributed by atoms with Gasteiger partial charge in [0, 0.05) is 49.2 Å². The van der Waals surface area contributed by atoms with Crippen molar-refractivity contribution >= 4 is 11.9 Å². The summed E-state index contributed by atoms with van der Waals surface area (Å²) in [4.78, 5) is 27.9. The highest BCUT2D eigenvalue weighted by Crippen LogP contribution is 2.35. The van der Waals surface area contributed by atoms with E-state index in [2.05, 4.69) is 30.7 Å². The molecule has 1 amide bonds. The summed E-state index contributed by atoms with van der Waals surface area (Å²) in [7, 11) is 0. The number of aromatic nitrogens is 6. The number of likely N-dealkylation sites (tertiary alicyclic amines) is 1. The molecule has 2 fully saturated rings. The third kappa shape index (κ3) is 3.80. The van der Waals surface area contributed by atoms with Crippen molar-refractivity contribution in [1.82, 2.24) is 35.3 Å². The normalized spacial score (nSPS) is 17.3. The first-order chi connectivity index (χ1) is 14.3. The van der Waals surface area contributed by atoms with Crippen molar-refractivity contribution in [1.29, 1.82) is 0 Å². The lowest BCUT2D eigenvalue weighted by Gasteiger charge is -2.32. The molecule has 1 aliphatic heterocycles. The van der Waals surface area contributed by atoms with E-state index in [1.165, 1.54) is 19.0 Å².